The van der Waals surface area contributed by atoms with Crippen molar-refractivity contribution >= 4 is 17.5 Å². The number of amides is 2. The van der Waals surface area contributed by atoms with Crippen molar-refractivity contribution in [3.8, 4) is 5.75 Å². The fraction of sp³-hybridized carbons (Fsp3) is 0.391. The molecule has 2 aromatic carbocycles. The maximum atomic E-state index is 12.7. The predicted molar refractivity (Wildman–Crippen MR) is 112 cm³/mol. The Morgan fingerprint density at radius 1 is 0.969 bits per heavy atom. The van der Waals surface area contributed by atoms with E-state index in [9.17, 15) is 22.8 Å². The molecular weight excluding hydrogens is 423 g/mol. The van der Waals surface area contributed by atoms with Crippen LogP contribution in [0.25, 0.3) is 0 Å². The number of hydrogen-bond donors (Lipinski definition) is 0. The first-order valence-corrected chi connectivity index (χ1v) is 10.5. The molecule has 0 bridgehead atoms. The number of hydrogen-bond acceptors (Lipinski definition) is 4. The summed E-state index contributed by atoms with van der Waals surface area (Å²) in [5.41, 5.74) is 0.832. The van der Waals surface area contributed by atoms with Gasteiger partial charge in [0.2, 0.25) is 5.91 Å². The highest BCUT2D eigenvalue weighted by atomic mass is 19.4. The summed E-state index contributed by atoms with van der Waals surface area (Å²) >= 11 is 0. The summed E-state index contributed by atoms with van der Waals surface area (Å²) in [6.45, 7) is 3.19. The molecule has 0 spiro atoms. The Kier molecular flexibility index (Phi) is 6.36. The monoisotopic (exact) mass is 447 g/mol. The van der Waals surface area contributed by atoms with E-state index in [-0.39, 0.29) is 24.8 Å². The van der Waals surface area contributed by atoms with Gasteiger partial charge in [-0.1, -0.05) is 24.3 Å². The zero-order valence-electron chi connectivity index (χ0n) is 17.5. The van der Waals surface area contributed by atoms with Crippen LogP contribution in [0.4, 0.5) is 18.9 Å². The number of alkyl halides is 3. The highest BCUT2D eigenvalue weighted by molar-refractivity contribution is 5.98. The van der Waals surface area contributed by atoms with Crippen molar-refractivity contribution < 1.29 is 27.5 Å². The van der Waals surface area contributed by atoms with Crippen LogP contribution in [0.2, 0.25) is 0 Å². The molecular formula is C23H24F3N3O3. The second-order valence-electron chi connectivity index (χ2n) is 7.90. The van der Waals surface area contributed by atoms with Crippen LogP contribution in [0, 0.1) is 0 Å². The SMILES string of the molecule is O=C(CCN1C(=O)COc2ccccc21)N1CCN(Cc2ccc(C(F)(F)F)cc2)CC1. The summed E-state index contributed by atoms with van der Waals surface area (Å²) in [5, 5.41) is 0. The summed E-state index contributed by atoms with van der Waals surface area (Å²) in [4.78, 5) is 30.4. The number of fused-ring (bicyclic) bond motifs is 1. The lowest BCUT2D eigenvalue weighted by atomic mass is 10.1. The first-order chi connectivity index (χ1) is 15.3. The fourth-order valence-electron chi connectivity index (χ4n) is 3.98. The molecule has 0 atom stereocenters. The van der Waals surface area contributed by atoms with E-state index in [1.807, 2.05) is 12.1 Å². The molecule has 0 N–H and O–H groups in total. The zero-order chi connectivity index (χ0) is 22.7. The van der Waals surface area contributed by atoms with E-state index in [0.29, 0.717) is 50.7 Å². The molecule has 6 nitrogen and oxygen atoms in total. The number of rotatable bonds is 5. The van der Waals surface area contributed by atoms with Crippen molar-refractivity contribution in [3.63, 3.8) is 0 Å². The van der Waals surface area contributed by atoms with Crippen molar-refractivity contribution in [1.82, 2.24) is 9.80 Å². The summed E-state index contributed by atoms with van der Waals surface area (Å²) in [7, 11) is 0. The Hall–Kier alpha value is -3.07. The van der Waals surface area contributed by atoms with Crippen LogP contribution in [0.3, 0.4) is 0 Å². The van der Waals surface area contributed by atoms with Crippen molar-refractivity contribution in [3.05, 3.63) is 59.7 Å². The Balaban J connectivity index is 1.26. The van der Waals surface area contributed by atoms with Gasteiger partial charge in [-0.25, -0.2) is 0 Å². The van der Waals surface area contributed by atoms with Gasteiger partial charge >= 0.3 is 6.18 Å². The number of carbonyl (C=O) groups excluding carboxylic acids is 2. The Morgan fingerprint density at radius 2 is 1.66 bits per heavy atom. The molecule has 2 amide bonds. The number of halogens is 3. The highest BCUT2D eigenvalue weighted by Gasteiger charge is 2.30. The average molecular weight is 447 g/mol. The van der Waals surface area contributed by atoms with Gasteiger partial charge in [-0.15, -0.1) is 0 Å². The van der Waals surface area contributed by atoms with Gasteiger partial charge < -0.3 is 14.5 Å². The second-order valence-corrected chi connectivity index (χ2v) is 7.90. The minimum Gasteiger partial charge on any atom is -0.482 e. The van der Waals surface area contributed by atoms with Crippen molar-refractivity contribution in [2.45, 2.75) is 19.1 Å². The van der Waals surface area contributed by atoms with Crippen LogP contribution in [-0.4, -0.2) is 60.9 Å². The number of benzene rings is 2. The molecule has 2 aromatic rings. The maximum Gasteiger partial charge on any atom is 0.416 e. The minimum absolute atomic E-state index is 0.0176. The van der Waals surface area contributed by atoms with Crippen LogP contribution in [0.5, 0.6) is 5.75 Å². The third kappa shape index (κ3) is 5.04. The molecule has 1 saturated heterocycles. The molecule has 32 heavy (non-hydrogen) atoms. The van der Waals surface area contributed by atoms with Gasteiger partial charge in [0, 0.05) is 45.7 Å². The van der Waals surface area contributed by atoms with Crippen molar-refractivity contribution in [1.29, 1.82) is 0 Å². The number of para-hydroxylation sites is 2. The Labute approximate surface area is 184 Å². The molecule has 0 unspecified atom stereocenters. The predicted octanol–water partition coefficient (Wildman–Crippen LogP) is 3.17. The summed E-state index contributed by atoms with van der Waals surface area (Å²) < 4.78 is 43.5. The van der Waals surface area contributed by atoms with E-state index >= 15 is 0 Å². The summed E-state index contributed by atoms with van der Waals surface area (Å²) in [6, 6.07) is 12.5. The van der Waals surface area contributed by atoms with E-state index in [0.717, 1.165) is 17.7 Å². The van der Waals surface area contributed by atoms with Crippen molar-refractivity contribution in [2.24, 2.45) is 0 Å². The number of carbonyl (C=O) groups is 2. The van der Waals surface area contributed by atoms with Gasteiger partial charge in [0.15, 0.2) is 6.61 Å². The van der Waals surface area contributed by atoms with Crippen LogP contribution < -0.4 is 9.64 Å². The molecule has 2 aliphatic rings. The Morgan fingerprint density at radius 3 is 2.34 bits per heavy atom. The average Bonchev–Trinajstić information content (AvgIpc) is 2.78. The number of anilines is 1. The topological polar surface area (TPSA) is 53.1 Å². The molecule has 170 valence electrons. The number of nitrogens with zero attached hydrogens (tertiary/aromatic N) is 3. The molecule has 4 rings (SSSR count). The number of ether oxygens (including phenoxy) is 1. The maximum absolute atomic E-state index is 12.7. The van der Waals surface area contributed by atoms with Gasteiger partial charge in [0.1, 0.15) is 5.75 Å². The van der Waals surface area contributed by atoms with E-state index in [1.165, 1.54) is 12.1 Å². The first kappa shape index (κ1) is 22.1. The van der Waals surface area contributed by atoms with E-state index in [4.69, 9.17) is 4.74 Å². The van der Waals surface area contributed by atoms with Gasteiger partial charge in [0.25, 0.3) is 5.91 Å². The Bertz CT molecular complexity index is 970. The second kappa shape index (κ2) is 9.20. The van der Waals surface area contributed by atoms with Gasteiger partial charge in [-0.2, -0.15) is 13.2 Å². The van der Waals surface area contributed by atoms with Crippen molar-refractivity contribution in [2.75, 3.05) is 44.2 Å². The lowest BCUT2D eigenvalue weighted by Gasteiger charge is -2.35. The van der Waals surface area contributed by atoms with Gasteiger partial charge in [0.05, 0.1) is 11.3 Å². The van der Waals surface area contributed by atoms with E-state index in [1.54, 1.807) is 21.9 Å². The molecule has 0 radical (unpaired) electrons. The first-order valence-electron chi connectivity index (χ1n) is 10.5. The molecule has 9 heteroatoms. The standard InChI is InChI=1S/C23H24F3N3O3/c24-23(25,26)18-7-5-17(6-8-18)15-27-11-13-28(14-12-27)21(30)9-10-29-19-3-1-2-4-20(19)32-16-22(29)31/h1-8H,9-16H2. The number of piperazine rings is 1. The largest absolute Gasteiger partial charge is 0.482 e. The summed E-state index contributed by atoms with van der Waals surface area (Å²) in [6.07, 6.45) is -4.11. The lowest BCUT2D eigenvalue weighted by molar-refractivity contribution is -0.137. The minimum atomic E-state index is -4.33. The molecule has 0 aliphatic carbocycles. The van der Waals surface area contributed by atoms with Gasteiger partial charge in [-0.3, -0.25) is 14.5 Å². The molecule has 0 aromatic heterocycles. The zero-order valence-corrected chi connectivity index (χ0v) is 17.5. The van der Waals surface area contributed by atoms with Crippen LogP contribution in [0.1, 0.15) is 17.5 Å². The highest BCUT2D eigenvalue weighted by Crippen LogP contribution is 2.31. The van der Waals surface area contributed by atoms with Crippen LogP contribution in [-0.2, 0) is 22.3 Å². The van der Waals surface area contributed by atoms with Gasteiger partial charge in [-0.05, 0) is 29.8 Å². The third-order valence-electron chi connectivity index (χ3n) is 5.77. The molecule has 0 saturated carbocycles. The lowest BCUT2D eigenvalue weighted by Crippen LogP contribution is -2.49. The smallest absolute Gasteiger partial charge is 0.416 e. The fourth-order valence-corrected chi connectivity index (χ4v) is 3.98. The summed E-state index contributed by atoms with van der Waals surface area (Å²) in [5.74, 6) is 0.449. The molecule has 1 fully saturated rings. The molecule has 2 aliphatic heterocycles. The van der Waals surface area contributed by atoms with E-state index in [2.05, 4.69) is 4.90 Å². The molecule has 2 heterocycles. The normalized spacial score (nSPS) is 17.2. The third-order valence-corrected chi connectivity index (χ3v) is 5.77. The van der Waals surface area contributed by atoms with Crippen LogP contribution >= 0.6 is 0 Å². The van der Waals surface area contributed by atoms with Crippen LogP contribution in [0.15, 0.2) is 48.5 Å². The quantitative estimate of drug-likeness (QED) is 0.707. The van der Waals surface area contributed by atoms with E-state index < -0.39 is 11.7 Å².